The molecule has 0 aliphatic carbocycles. The summed E-state index contributed by atoms with van der Waals surface area (Å²) in [6.45, 7) is 6.98. The van der Waals surface area contributed by atoms with Crippen LogP contribution >= 0.6 is 0 Å². The fourth-order valence-electron chi connectivity index (χ4n) is 4.11. The highest BCUT2D eigenvalue weighted by Gasteiger charge is 2.34. The van der Waals surface area contributed by atoms with E-state index in [1.807, 2.05) is 45.0 Å². The number of ether oxygens (including phenoxy) is 2. The molecule has 3 rings (SSSR count). The third kappa shape index (κ3) is 4.59. The van der Waals surface area contributed by atoms with E-state index in [-0.39, 0.29) is 29.7 Å². The average Bonchev–Trinajstić information content (AvgIpc) is 2.73. The smallest absolute Gasteiger partial charge is 0.222 e. The number of carbonyl (C=O) groups excluding carboxylic acids is 1. The third-order valence-electron chi connectivity index (χ3n) is 5.72. The number of halogens is 1. The molecule has 2 atom stereocenters. The quantitative estimate of drug-likeness (QED) is 0.741. The van der Waals surface area contributed by atoms with Gasteiger partial charge in [0.25, 0.3) is 0 Å². The fraction of sp³-hybridized carbons (Fsp3) is 0.458. The van der Waals surface area contributed by atoms with Crippen LogP contribution in [0.3, 0.4) is 0 Å². The van der Waals surface area contributed by atoms with Crippen molar-refractivity contribution in [1.29, 1.82) is 0 Å². The van der Waals surface area contributed by atoms with E-state index in [0.29, 0.717) is 23.6 Å². The Bertz CT molecular complexity index is 900. The monoisotopic (exact) mass is 414 g/mol. The predicted octanol–water partition coefficient (Wildman–Crippen LogP) is 4.10. The van der Waals surface area contributed by atoms with Crippen molar-refractivity contribution in [2.24, 2.45) is 5.92 Å². The van der Waals surface area contributed by atoms with E-state index >= 15 is 0 Å². The summed E-state index contributed by atoms with van der Waals surface area (Å²) in [4.78, 5) is 14.7. The second kappa shape index (κ2) is 9.47. The van der Waals surface area contributed by atoms with Crippen LogP contribution in [-0.2, 0) is 17.8 Å². The van der Waals surface area contributed by atoms with Gasteiger partial charge in [0.2, 0.25) is 5.91 Å². The first kappa shape index (κ1) is 22.1. The fourth-order valence-corrected chi connectivity index (χ4v) is 4.11. The van der Waals surface area contributed by atoms with Gasteiger partial charge >= 0.3 is 0 Å². The Morgan fingerprint density at radius 2 is 1.83 bits per heavy atom. The van der Waals surface area contributed by atoms with Crippen molar-refractivity contribution in [1.82, 2.24) is 10.2 Å². The van der Waals surface area contributed by atoms with Crippen LogP contribution in [0.15, 0.2) is 36.4 Å². The molecule has 1 N–H and O–H groups in total. The molecule has 0 saturated carbocycles. The zero-order valence-corrected chi connectivity index (χ0v) is 18.4. The van der Waals surface area contributed by atoms with E-state index in [4.69, 9.17) is 9.47 Å². The van der Waals surface area contributed by atoms with Gasteiger partial charge in [0.1, 0.15) is 5.82 Å². The van der Waals surface area contributed by atoms with E-state index < -0.39 is 0 Å². The van der Waals surface area contributed by atoms with Gasteiger partial charge in [0, 0.05) is 30.6 Å². The lowest BCUT2D eigenvalue weighted by atomic mass is 9.87. The Labute approximate surface area is 178 Å². The van der Waals surface area contributed by atoms with Crippen LogP contribution < -0.4 is 14.8 Å². The maximum atomic E-state index is 14.4. The minimum atomic E-state index is -0.215. The van der Waals surface area contributed by atoms with Crippen LogP contribution in [0.4, 0.5) is 4.39 Å². The second-order valence-corrected chi connectivity index (χ2v) is 8.11. The van der Waals surface area contributed by atoms with E-state index in [1.165, 1.54) is 6.07 Å². The molecule has 6 heteroatoms. The summed E-state index contributed by atoms with van der Waals surface area (Å²) in [5, 5.41) is 3.14. The number of nitrogens with zero attached hydrogens (tertiary/aromatic N) is 1. The van der Waals surface area contributed by atoms with Gasteiger partial charge in [-0.05, 0) is 42.7 Å². The van der Waals surface area contributed by atoms with Gasteiger partial charge in [0.15, 0.2) is 11.5 Å². The number of fused-ring (bicyclic) bond motifs is 1. The summed E-state index contributed by atoms with van der Waals surface area (Å²) < 4.78 is 25.4. The molecule has 30 heavy (non-hydrogen) atoms. The van der Waals surface area contributed by atoms with E-state index in [2.05, 4.69) is 10.2 Å². The lowest BCUT2D eigenvalue weighted by molar-refractivity contribution is -0.125. The molecule has 2 aromatic rings. The molecule has 2 aromatic carbocycles. The number of benzene rings is 2. The topological polar surface area (TPSA) is 50.8 Å². The van der Waals surface area contributed by atoms with E-state index in [0.717, 1.165) is 24.1 Å². The van der Waals surface area contributed by atoms with Gasteiger partial charge in [-0.25, -0.2) is 4.39 Å². The largest absolute Gasteiger partial charge is 0.493 e. The number of amides is 1. The maximum absolute atomic E-state index is 14.4. The second-order valence-electron chi connectivity index (χ2n) is 8.11. The summed E-state index contributed by atoms with van der Waals surface area (Å²) in [6, 6.07) is 10.6. The van der Waals surface area contributed by atoms with Gasteiger partial charge in [-0.3, -0.25) is 9.69 Å². The van der Waals surface area contributed by atoms with Crippen LogP contribution in [0.1, 0.15) is 43.5 Å². The normalized spacial score (nSPS) is 17.4. The van der Waals surface area contributed by atoms with Gasteiger partial charge < -0.3 is 14.8 Å². The molecule has 0 fully saturated rings. The molecule has 1 aliphatic heterocycles. The van der Waals surface area contributed by atoms with Crippen molar-refractivity contribution in [2.45, 2.75) is 45.8 Å². The van der Waals surface area contributed by atoms with Crippen LogP contribution in [0.25, 0.3) is 0 Å². The van der Waals surface area contributed by atoms with E-state index in [9.17, 15) is 9.18 Å². The Balaban J connectivity index is 2.01. The van der Waals surface area contributed by atoms with Crippen molar-refractivity contribution in [2.75, 3.05) is 20.8 Å². The van der Waals surface area contributed by atoms with Gasteiger partial charge in [-0.15, -0.1) is 0 Å². The molecule has 0 unspecified atom stereocenters. The van der Waals surface area contributed by atoms with E-state index in [1.54, 1.807) is 20.3 Å². The Hall–Kier alpha value is -2.60. The van der Waals surface area contributed by atoms with Crippen molar-refractivity contribution in [3.05, 3.63) is 58.9 Å². The zero-order chi connectivity index (χ0) is 21.8. The highest BCUT2D eigenvalue weighted by Crippen LogP contribution is 2.40. The van der Waals surface area contributed by atoms with Gasteiger partial charge in [-0.1, -0.05) is 32.0 Å². The van der Waals surface area contributed by atoms with Gasteiger partial charge in [-0.2, -0.15) is 0 Å². The molecule has 0 saturated heterocycles. The Morgan fingerprint density at radius 3 is 2.47 bits per heavy atom. The predicted molar refractivity (Wildman–Crippen MR) is 115 cm³/mol. The van der Waals surface area contributed by atoms with Crippen molar-refractivity contribution in [3.8, 4) is 11.5 Å². The number of methoxy groups -OCH3 is 2. The Kier molecular flexibility index (Phi) is 6.98. The highest BCUT2D eigenvalue weighted by molar-refractivity contribution is 5.78. The summed E-state index contributed by atoms with van der Waals surface area (Å²) in [5.41, 5.74) is 2.88. The summed E-state index contributed by atoms with van der Waals surface area (Å²) in [7, 11) is 3.24. The molecule has 1 aliphatic rings. The zero-order valence-electron chi connectivity index (χ0n) is 18.4. The first-order chi connectivity index (χ1) is 14.3. The first-order valence-corrected chi connectivity index (χ1v) is 10.4. The number of carbonyl (C=O) groups is 1. The first-order valence-electron chi connectivity index (χ1n) is 10.4. The number of hydrogen-bond acceptors (Lipinski definition) is 4. The molecule has 1 heterocycles. The standard InChI is InChI=1S/C24H31FN2O3/c1-15(2)24(28)26-16(3)23-19-13-22(30-5)21(29-4)12-17(19)10-11-27(23)14-18-8-6-7-9-20(18)25/h6-9,12-13,15-16,23H,10-11,14H2,1-5H3,(H,26,28)/t16-,23-/m1/s1. The molecular weight excluding hydrogens is 383 g/mol. The van der Waals surface area contributed by atoms with Crippen molar-refractivity contribution < 1.29 is 18.7 Å². The molecule has 162 valence electrons. The van der Waals surface area contributed by atoms with Gasteiger partial charge in [0.05, 0.1) is 20.3 Å². The summed E-state index contributed by atoms with van der Waals surface area (Å²) in [6.07, 6.45) is 0.811. The molecule has 5 nitrogen and oxygen atoms in total. The molecule has 1 amide bonds. The molecule has 0 bridgehead atoms. The molecular formula is C24H31FN2O3. The van der Waals surface area contributed by atoms with Crippen molar-refractivity contribution in [3.63, 3.8) is 0 Å². The lowest BCUT2D eigenvalue weighted by Gasteiger charge is -2.41. The summed E-state index contributed by atoms with van der Waals surface area (Å²) in [5.74, 6) is 1.02. The minimum absolute atomic E-state index is 0.000872. The molecule has 0 radical (unpaired) electrons. The highest BCUT2D eigenvalue weighted by atomic mass is 19.1. The third-order valence-corrected chi connectivity index (χ3v) is 5.72. The Morgan fingerprint density at radius 1 is 1.17 bits per heavy atom. The molecule has 0 spiro atoms. The maximum Gasteiger partial charge on any atom is 0.222 e. The van der Waals surface area contributed by atoms with Crippen LogP contribution in [0, 0.1) is 11.7 Å². The minimum Gasteiger partial charge on any atom is -0.493 e. The van der Waals surface area contributed by atoms with Crippen LogP contribution in [-0.4, -0.2) is 37.6 Å². The SMILES string of the molecule is COc1cc2c(cc1OC)[C@@H]([C@@H](C)NC(=O)C(C)C)N(Cc1ccccc1F)CC2. The van der Waals surface area contributed by atoms with Crippen molar-refractivity contribution >= 4 is 5.91 Å². The number of hydrogen-bond donors (Lipinski definition) is 1. The average molecular weight is 415 g/mol. The number of nitrogens with one attached hydrogen (secondary N) is 1. The van der Waals surface area contributed by atoms with Crippen LogP contribution in [0.5, 0.6) is 11.5 Å². The lowest BCUT2D eigenvalue weighted by Crippen LogP contribution is -2.48. The van der Waals surface area contributed by atoms with Crippen LogP contribution in [0.2, 0.25) is 0 Å². The summed E-state index contributed by atoms with van der Waals surface area (Å²) >= 11 is 0. The molecule has 0 aromatic heterocycles. The number of rotatable bonds is 7.